The molecule has 1 aromatic rings. The van der Waals surface area contributed by atoms with Gasteiger partial charge < -0.3 is 4.74 Å². The smallest absolute Gasteiger partial charge is 0.162 e. The Hall–Kier alpha value is -1.15. The zero-order valence-electron chi connectivity index (χ0n) is 10.2. The van der Waals surface area contributed by atoms with E-state index in [2.05, 4.69) is 6.92 Å². The first-order chi connectivity index (χ1) is 7.77. The van der Waals surface area contributed by atoms with Gasteiger partial charge in [0.05, 0.1) is 0 Å². The van der Waals surface area contributed by atoms with Crippen molar-refractivity contribution in [3.63, 3.8) is 0 Å². The van der Waals surface area contributed by atoms with E-state index in [-0.39, 0.29) is 5.78 Å². The number of rotatable bonds is 7. The molecule has 0 N–H and O–H groups in total. The van der Waals surface area contributed by atoms with E-state index in [1.165, 1.54) is 5.56 Å². The predicted octanol–water partition coefficient (Wildman–Crippen LogP) is 3.25. The Balaban J connectivity index is 2.49. The van der Waals surface area contributed by atoms with E-state index in [0.29, 0.717) is 13.0 Å². The van der Waals surface area contributed by atoms with E-state index < -0.39 is 0 Å². The molecule has 2 nitrogen and oxygen atoms in total. The van der Waals surface area contributed by atoms with Gasteiger partial charge in [-0.05, 0) is 18.4 Å². The van der Waals surface area contributed by atoms with Crippen LogP contribution in [-0.2, 0) is 11.2 Å². The van der Waals surface area contributed by atoms with Crippen LogP contribution in [-0.4, -0.2) is 19.5 Å². The minimum atomic E-state index is 0.208. The van der Waals surface area contributed by atoms with Crippen LogP contribution in [0.5, 0.6) is 0 Å². The Kier molecular flexibility index (Phi) is 5.79. The van der Waals surface area contributed by atoms with E-state index in [9.17, 15) is 4.79 Å². The van der Waals surface area contributed by atoms with Gasteiger partial charge in [-0.25, -0.2) is 0 Å². The lowest BCUT2D eigenvalue weighted by Crippen LogP contribution is -2.01. The molecule has 0 unspecified atom stereocenters. The molecular formula is C14H20O2. The maximum Gasteiger partial charge on any atom is 0.162 e. The molecule has 0 saturated carbocycles. The van der Waals surface area contributed by atoms with Crippen molar-refractivity contribution in [1.82, 2.24) is 0 Å². The van der Waals surface area contributed by atoms with Crippen LogP contribution in [0.4, 0.5) is 0 Å². The van der Waals surface area contributed by atoms with Gasteiger partial charge in [-0.1, -0.05) is 37.6 Å². The van der Waals surface area contributed by atoms with Gasteiger partial charge >= 0.3 is 0 Å². The highest BCUT2D eigenvalue weighted by atomic mass is 16.5. The second-order valence-corrected chi connectivity index (χ2v) is 3.97. The third-order valence-corrected chi connectivity index (χ3v) is 2.57. The number of aryl methyl sites for hydroxylation is 1. The largest absolute Gasteiger partial charge is 0.385 e. The van der Waals surface area contributed by atoms with E-state index in [1.54, 1.807) is 7.11 Å². The van der Waals surface area contributed by atoms with Gasteiger partial charge in [-0.2, -0.15) is 0 Å². The van der Waals surface area contributed by atoms with Crippen molar-refractivity contribution in [1.29, 1.82) is 0 Å². The van der Waals surface area contributed by atoms with Crippen LogP contribution in [0.25, 0.3) is 0 Å². The second kappa shape index (κ2) is 7.18. The van der Waals surface area contributed by atoms with Crippen LogP contribution in [0.1, 0.15) is 42.1 Å². The highest BCUT2D eigenvalue weighted by molar-refractivity contribution is 5.96. The molecule has 0 amide bonds. The minimum Gasteiger partial charge on any atom is -0.385 e. The summed E-state index contributed by atoms with van der Waals surface area (Å²) in [7, 11) is 1.66. The van der Waals surface area contributed by atoms with Gasteiger partial charge in [0.2, 0.25) is 0 Å². The summed E-state index contributed by atoms with van der Waals surface area (Å²) in [6, 6.07) is 7.96. The molecule has 0 heterocycles. The monoisotopic (exact) mass is 220 g/mol. The molecule has 0 bridgehead atoms. The summed E-state index contributed by atoms with van der Waals surface area (Å²) in [5, 5.41) is 0. The van der Waals surface area contributed by atoms with Crippen LogP contribution < -0.4 is 0 Å². The standard InChI is InChI=1S/C14H20O2/c1-3-5-12-7-9-13(10-8-12)14(15)6-4-11-16-2/h7-10H,3-6,11H2,1-2H3. The molecule has 0 atom stereocenters. The lowest BCUT2D eigenvalue weighted by atomic mass is 10.0. The van der Waals surface area contributed by atoms with E-state index in [1.807, 2.05) is 24.3 Å². The van der Waals surface area contributed by atoms with Crippen molar-refractivity contribution in [3.8, 4) is 0 Å². The fourth-order valence-electron chi connectivity index (χ4n) is 1.67. The number of hydrogen-bond donors (Lipinski definition) is 0. The molecule has 16 heavy (non-hydrogen) atoms. The molecule has 0 aliphatic carbocycles. The van der Waals surface area contributed by atoms with Gasteiger partial charge in [0.15, 0.2) is 5.78 Å². The Morgan fingerprint density at radius 1 is 1.25 bits per heavy atom. The van der Waals surface area contributed by atoms with Crippen LogP contribution in [0.15, 0.2) is 24.3 Å². The molecule has 1 rings (SSSR count). The summed E-state index contributed by atoms with van der Waals surface area (Å²) in [6.45, 7) is 2.81. The number of carbonyl (C=O) groups is 1. The fraction of sp³-hybridized carbons (Fsp3) is 0.500. The summed E-state index contributed by atoms with van der Waals surface area (Å²) >= 11 is 0. The molecule has 0 aliphatic heterocycles. The molecule has 2 heteroatoms. The molecule has 88 valence electrons. The summed E-state index contributed by atoms with van der Waals surface area (Å²) < 4.78 is 4.93. The average molecular weight is 220 g/mol. The minimum absolute atomic E-state index is 0.208. The quantitative estimate of drug-likeness (QED) is 0.521. The molecule has 0 spiro atoms. The Morgan fingerprint density at radius 2 is 1.94 bits per heavy atom. The summed E-state index contributed by atoms with van der Waals surface area (Å²) in [5.41, 5.74) is 2.12. The van der Waals surface area contributed by atoms with Crippen LogP contribution >= 0.6 is 0 Å². The molecule has 0 saturated heterocycles. The number of Topliss-reactive ketones (excluding diaryl/α,β-unsaturated/α-hetero) is 1. The lowest BCUT2D eigenvalue weighted by molar-refractivity contribution is 0.0963. The van der Waals surface area contributed by atoms with Gasteiger partial charge in [0.1, 0.15) is 0 Å². The van der Waals surface area contributed by atoms with Crippen molar-refractivity contribution in [2.45, 2.75) is 32.6 Å². The summed E-state index contributed by atoms with van der Waals surface area (Å²) in [6.07, 6.45) is 3.59. The third-order valence-electron chi connectivity index (χ3n) is 2.57. The SMILES string of the molecule is CCCc1ccc(C(=O)CCCOC)cc1. The third kappa shape index (κ3) is 4.15. The van der Waals surface area contributed by atoms with Crippen molar-refractivity contribution >= 4 is 5.78 Å². The van der Waals surface area contributed by atoms with Crippen LogP contribution in [0.3, 0.4) is 0 Å². The number of carbonyl (C=O) groups excluding carboxylic acids is 1. The zero-order valence-corrected chi connectivity index (χ0v) is 10.2. The Morgan fingerprint density at radius 3 is 2.50 bits per heavy atom. The highest BCUT2D eigenvalue weighted by Crippen LogP contribution is 2.09. The number of methoxy groups -OCH3 is 1. The fourth-order valence-corrected chi connectivity index (χ4v) is 1.67. The summed E-state index contributed by atoms with van der Waals surface area (Å²) in [4.78, 5) is 11.7. The second-order valence-electron chi connectivity index (χ2n) is 3.97. The topological polar surface area (TPSA) is 26.3 Å². The molecule has 1 aromatic carbocycles. The van der Waals surface area contributed by atoms with Crippen molar-refractivity contribution in [2.24, 2.45) is 0 Å². The van der Waals surface area contributed by atoms with Gasteiger partial charge in [-0.3, -0.25) is 4.79 Å². The summed E-state index contributed by atoms with van der Waals surface area (Å²) in [5.74, 6) is 0.208. The maximum absolute atomic E-state index is 11.7. The Labute approximate surface area is 97.6 Å². The molecular weight excluding hydrogens is 200 g/mol. The molecule has 0 radical (unpaired) electrons. The van der Waals surface area contributed by atoms with E-state index in [4.69, 9.17) is 4.74 Å². The first kappa shape index (κ1) is 12.9. The first-order valence-electron chi connectivity index (χ1n) is 5.89. The van der Waals surface area contributed by atoms with Crippen molar-refractivity contribution in [3.05, 3.63) is 35.4 Å². The number of benzene rings is 1. The first-order valence-corrected chi connectivity index (χ1v) is 5.89. The van der Waals surface area contributed by atoms with Gasteiger partial charge in [0, 0.05) is 25.7 Å². The average Bonchev–Trinajstić information content (AvgIpc) is 2.30. The van der Waals surface area contributed by atoms with E-state index >= 15 is 0 Å². The zero-order chi connectivity index (χ0) is 11.8. The van der Waals surface area contributed by atoms with Crippen molar-refractivity contribution in [2.75, 3.05) is 13.7 Å². The van der Waals surface area contributed by atoms with Gasteiger partial charge in [-0.15, -0.1) is 0 Å². The predicted molar refractivity (Wildman–Crippen MR) is 65.9 cm³/mol. The number of ketones is 1. The van der Waals surface area contributed by atoms with Gasteiger partial charge in [0.25, 0.3) is 0 Å². The maximum atomic E-state index is 11.7. The normalized spacial score (nSPS) is 10.4. The molecule has 0 fully saturated rings. The Bertz CT molecular complexity index is 314. The van der Waals surface area contributed by atoms with Crippen LogP contribution in [0.2, 0.25) is 0 Å². The highest BCUT2D eigenvalue weighted by Gasteiger charge is 2.04. The number of ether oxygens (including phenoxy) is 1. The lowest BCUT2D eigenvalue weighted by Gasteiger charge is -2.03. The van der Waals surface area contributed by atoms with Crippen LogP contribution in [0, 0.1) is 0 Å². The van der Waals surface area contributed by atoms with E-state index in [0.717, 1.165) is 24.8 Å². The molecule has 0 aromatic heterocycles. The molecule has 0 aliphatic rings. The van der Waals surface area contributed by atoms with Crippen molar-refractivity contribution < 1.29 is 9.53 Å². The number of hydrogen-bond acceptors (Lipinski definition) is 2.